The van der Waals surface area contributed by atoms with Crippen LogP contribution in [-0.2, 0) is 0 Å². The summed E-state index contributed by atoms with van der Waals surface area (Å²) in [5.41, 5.74) is 1.35. The highest BCUT2D eigenvalue weighted by Crippen LogP contribution is 2.29. The monoisotopic (exact) mass is 293 g/mol. The van der Waals surface area contributed by atoms with Gasteiger partial charge in [0.25, 0.3) is 0 Å². The molecule has 0 aromatic heterocycles. The molecule has 2 rings (SSSR count). The molecule has 0 aliphatic heterocycles. The van der Waals surface area contributed by atoms with Crippen LogP contribution in [-0.4, -0.2) is 24.2 Å². The standard InChI is InChI=1S/C17H27NOS/c1-4-18-17(12-20-11-13(2)3)14-6-5-7-16(10-14)19-15-8-9-15/h5-7,10,13,15,17-18H,4,8-9,11-12H2,1-3H3. The van der Waals surface area contributed by atoms with Crippen LogP contribution >= 0.6 is 11.8 Å². The summed E-state index contributed by atoms with van der Waals surface area (Å²) in [5, 5.41) is 3.59. The van der Waals surface area contributed by atoms with Gasteiger partial charge in [-0.3, -0.25) is 0 Å². The summed E-state index contributed by atoms with van der Waals surface area (Å²) in [6.45, 7) is 7.73. The predicted molar refractivity (Wildman–Crippen MR) is 88.7 cm³/mol. The second-order valence-electron chi connectivity index (χ2n) is 5.93. The highest BCUT2D eigenvalue weighted by Gasteiger charge is 2.23. The molecular formula is C17H27NOS. The van der Waals surface area contributed by atoms with E-state index in [1.165, 1.54) is 24.2 Å². The van der Waals surface area contributed by atoms with E-state index >= 15 is 0 Å². The first-order chi connectivity index (χ1) is 9.69. The Hall–Kier alpha value is -0.670. The molecule has 0 amide bonds. The summed E-state index contributed by atoms with van der Waals surface area (Å²) < 4.78 is 5.90. The average molecular weight is 293 g/mol. The van der Waals surface area contributed by atoms with Gasteiger partial charge in [-0.1, -0.05) is 32.9 Å². The summed E-state index contributed by atoms with van der Waals surface area (Å²) in [6, 6.07) is 9.03. The highest BCUT2D eigenvalue weighted by atomic mass is 32.2. The Morgan fingerprint density at radius 3 is 2.75 bits per heavy atom. The number of hydrogen-bond donors (Lipinski definition) is 1. The van der Waals surface area contributed by atoms with Gasteiger partial charge in [-0.05, 0) is 48.8 Å². The first-order valence-corrected chi connectivity index (χ1v) is 8.92. The van der Waals surface area contributed by atoms with Crippen molar-refractivity contribution >= 4 is 11.8 Å². The Bertz CT molecular complexity index is 404. The zero-order valence-corrected chi connectivity index (χ0v) is 13.7. The number of rotatable bonds is 9. The molecule has 20 heavy (non-hydrogen) atoms. The average Bonchev–Trinajstić information content (AvgIpc) is 3.22. The van der Waals surface area contributed by atoms with E-state index in [0.29, 0.717) is 12.1 Å². The molecule has 1 unspecified atom stereocenters. The summed E-state index contributed by atoms with van der Waals surface area (Å²) in [6.07, 6.45) is 2.90. The zero-order chi connectivity index (χ0) is 14.4. The van der Waals surface area contributed by atoms with Crippen LogP contribution in [0, 0.1) is 5.92 Å². The third-order valence-electron chi connectivity index (χ3n) is 3.27. The minimum absolute atomic E-state index is 0.423. The molecular weight excluding hydrogens is 266 g/mol. The van der Waals surface area contributed by atoms with Gasteiger partial charge in [0.15, 0.2) is 0 Å². The van der Waals surface area contributed by atoms with Crippen molar-refractivity contribution in [3.05, 3.63) is 29.8 Å². The Kier molecular flexibility index (Phi) is 6.24. The van der Waals surface area contributed by atoms with Crippen molar-refractivity contribution in [1.82, 2.24) is 5.32 Å². The van der Waals surface area contributed by atoms with Crippen molar-refractivity contribution in [3.8, 4) is 5.75 Å². The van der Waals surface area contributed by atoms with Crippen molar-refractivity contribution < 1.29 is 4.74 Å². The first-order valence-electron chi connectivity index (χ1n) is 7.76. The SMILES string of the molecule is CCNC(CSCC(C)C)c1cccc(OC2CC2)c1. The van der Waals surface area contributed by atoms with Gasteiger partial charge in [0.2, 0.25) is 0 Å². The third-order valence-corrected chi connectivity index (χ3v) is 4.75. The van der Waals surface area contributed by atoms with Crippen LogP contribution in [0.1, 0.15) is 45.2 Å². The second-order valence-corrected chi connectivity index (χ2v) is 7.01. The lowest BCUT2D eigenvalue weighted by atomic mass is 10.1. The minimum Gasteiger partial charge on any atom is -0.490 e. The van der Waals surface area contributed by atoms with Crippen molar-refractivity contribution in [3.63, 3.8) is 0 Å². The smallest absolute Gasteiger partial charge is 0.120 e. The van der Waals surface area contributed by atoms with E-state index < -0.39 is 0 Å². The molecule has 0 spiro atoms. The molecule has 0 radical (unpaired) electrons. The van der Waals surface area contributed by atoms with Gasteiger partial charge in [0.05, 0.1) is 6.10 Å². The van der Waals surface area contributed by atoms with Gasteiger partial charge in [-0.15, -0.1) is 0 Å². The Balaban J connectivity index is 1.95. The molecule has 1 aromatic rings. The molecule has 112 valence electrons. The van der Waals surface area contributed by atoms with Crippen molar-refractivity contribution in [1.29, 1.82) is 0 Å². The fraction of sp³-hybridized carbons (Fsp3) is 0.647. The maximum Gasteiger partial charge on any atom is 0.120 e. The quantitative estimate of drug-likeness (QED) is 0.735. The number of ether oxygens (including phenoxy) is 1. The van der Waals surface area contributed by atoms with Crippen LogP contribution in [0.15, 0.2) is 24.3 Å². The van der Waals surface area contributed by atoms with Crippen molar-refractivity contribution in [2.45, 2.75) is 45.8 Å². The number of nitrogens with one attached hydrogen (secondary N) is 1. The number of thioether (sulfide) groups is 1. The molecule has 1 N–H and O–H groups in total. The van der Waals surface area contributed by atoms with E-state index in [2.05, 4.69) is 50.4 Å². The molecule has 1 aliphatic rings. The van der Waals surface area contributed by atoms with E-state index in [1.54, 1.807) is 0 Å². The van der Waals surface area contributed by atoms with E-state index in [4.69, 9.17) is 4.74 Å². The summed E-state index contributed by atoms with van der Waals surface area (Å²) >= 11 is 2.03. The molecule has 1 saturated carbocycles. The molecule has 3 heteroatoms. The van der Waals surface area contributed by atoms with E-state index in [9.17, 15) is 0 Å². The van der Waals surface area contributed by atoms with E-state index in [-0.39, 0.29) is 0 Å². The largest absolute Gasteiger partial charge is 0.490 e. The Labute approximate surface area is 127 Å². The highest BCUT2D eigenvalue weighted by molar-refractivity contribution is 7.99. The van der Waals surface area contributed by atoms with Crippen molar-refractivity contribution in [2.75, 3.05) is 18.1 Å². The van der Waals surface area contributed by atoms with Gasteiger partial charge >= 0.3 is 0 Å². The van der Waals surface area contributed by atoms with Crippen LogP contribution in [0.25, 0.3) is 0 Å². The molecule has 0 bridgehead atoms. The summed E-state index contributed by atoms with van der Waals surface area (Å²) in [7, 11) is 0. The van der Waals surface area contributed by atoms with Crippen LogP contribution < -0.4 is 10.1 Å². The third kappa shape index (κ3) is 5.37. The van der Waals surface area contributed by atoms with Crippen LogP contribution in [0.3, 0.4) is 0 Å². The van der Waals surface area contributed by atoms with E-state index in [0.717, 1.165) is 24.0 Å². The Morgan fingerprint density at radius 2 is 2.10 bits per heavy atom. The van der Waals surface area contributed by atoms with E-state index in [1.807, 2.05) is 11.8 Å². The van der Waals surface area contributed by atoms with Gasteiger partial charge in [-0.25, -0.2) is 0 Å². The van der Waals surface area contributed by atoms with Gasteiger partial charge in [-0.2, -0.15) is 11.8 Å². The lowest BCUT2D eigenvalue weighted by Gasteiger charge is -2.19. The summed E-state index contributed by atoms with van der Waals surface area (Å²) in [4.78, 5) is 0. The molecule has 1 fully saturated rings. The molecule has 1 aromatic carbocycles. The first kappa shape index (κ1) is 15.7. The molecule has 0 heterocycles. The van der Waals surface area contributed by atoms with Crippen molar-refractivity contribution in [2.24, 2.45) is 5.92 Å². The maximum absolute atomic E-state index is 5.90. The molecule has 1 atom stereocenters. The van der Waals surface area contributed by atoms with Crippen LogP contribution in [0.5, 0.6) is 5.75 Å². The Morgan fingerprint density at radius 1 is 1.30 bits per heavy atom. The molecule has 2 nitrogen and oxygen atoms in total. The zero-order valence-electron chi connectivity index (χ0n) is 12.9. The minimum atomic E-state index is 0.423. The van der Waals surface area contributed by atoms with Gasteiger partial charge in [0, 0.05) is 11.8 Å². The lowest BCUT2D eigenvalue weighted by Crippen LogP contribution is -2.23. The lowest BCUT2D eigenvalue weighted by molar-refractivity contribution is 0.302. The normalized spacial score (nSPS) is 16.4. The summed E-state index contributed by atoms with van der Waals surface area (Å²) in [5.74, 6) is 4.13. The van der Waals surface area contributed by atoms with Gasteiger partial charge in [0.1, 0.15) is 5.75 Å². The van der Waals surface area contributed by atoms with Gasteiger partial charge < -0.3 is 10.1 Å². The molecule has 0 saturated heterocycles. The fourth-order valence-corrected chi connectivity index (χ4v) is 3.28. The van der Waals surface area contributed by atoms with Crippen LogP contribution in [0.2, 0.25) is 0 Å². The fourth-order valence-electron chi connectivity index (χ4n) is 2.12. The predicted octanol–water partition coefficient (Wildman–Crippen LogP) is 4.27. The topological polar surface area (TPSA) is 21.3 Å². The molecule has 1 aliphatic carbocycles. The second kappa shape index (κ2) is 7.94. The maximum atomic E-state index is 5.90. The number of benzene rings is 1. The number of hydrogen-bond acceptors (Lipinski definition) is 3. The van der Waals surface area contributed by atoms with Crippen LogP contribution in [0.4, 0.5) is 0 Å².